The van der Waals surface area contributed by atoms with Crippen molar-refractivity contribution in [3.63, 3.8) is 0 Å². The Balaban J connectivity index is 0.885. The number of halogens is 1. The second kappa shape index (κ2) is 16.2. The number of fused-ring (bicyclic) bond motifs is 1. The number of urea groups is 1. The topological polar surface area (TPSA) is 156 Å². The van der Waals surface area contributed by atoms with Crippen molar-refractivity contribution in [3.8, 4) is 5.75 Å². The lowest BCUT2D eigenvalue weighted by atomic mass is 9.94. The van der Waals surface area contributed by atoms with Gasteiger partial charge in [-0.1, -0.05) is 0 Å². The van der Waals surface area contributed by atoms with Gasteiger partial charge in [0.1, 0.15) is 28.6 Å². The Labute approximate surface area is 306 Å². The standard InChI is InChI=1S/C37H47FN8O5S/c1-40-30-18-25(2-3-28(30)35(39)46-15-8-33(47)43-37(46)49)45-13-6-24(7-14-45)44-11-4-23(5-12-44)21-51-26-19-29(38)34-31(20-26)41-32(42-36(34)48)22-52-27-9-16-50-17-10-27/h2-3,18-20,23-24,27,39-40H,4-17,21-22H2,1H3,(H,41,42,48)(H,43,47,49). The van der Waals surface area contributed by atoms with Crippen LogP contribution < -0.4 is 25.8 Å². The highest BCUT2D eigenvalue weighted by Crippen LogP contribution is 2.31. The number of likely N-dealkylation sites (tertiary alicyclic amines) is 1. The van der Waals surface area contributed by atoms with Crippen LogP contribution in [-0.4, -0.2) is 108 Å². The molecule has 0 radical (unpaired) electrons. The quantitative estimate of drug-likeness (QED) is 0.172. The fourth-order valence-corrected chi connectivity index (χ4v) is 8.75. The molecule has 7 rings (SSSR count). The van der Waals surface area contributed by atoms with Gasteiger partial charge in [-0.25, -0.2) is 14.2 Å². The predicted octanol–water partition coefficient (Wildman–Crippen LogP) is 4.54. The number of H-pyrrole nitrogens is 1. The third-order valence-electron chi connectivity index (χ3n) is 10.7. The Morgan fingerprint density at radius 3 is 2.54 bits per heavy atom. The molecule has 52 heavy (non-hydrogen) atoms. The first-order chi connectivity index (χ1) is 25.2. The Morgan fingerprint density at radius 2 is 1.81 bits per heavy atom. The van der Waals surface area contributed by atoms with Gasteiger partial charge in [0.2, 0.25) is 5.91 Å². The van der Waals surface area contributed by atoms with E-state index in [2.05, 4.69) is 30.4 Å². The van der Waals surface area contributed by atoms with E-state index in [1.165, 1.54) is 11.0 Å². The Bertz CT molecular complexity index is 1850. The second-order valence-corrected chi connectivity index (χ2v) is 15.3. The lowest BCUT2D eigenvalue weighted by molar-refractivity contribution is -0.121. The summed E-state index contributed by atoms with van der Waals surface area (Å²) in [4.78, 5) is 50.2. The summed E-state index contributed by atoms with van der Waals surface area (Å²) in [5.41, 5.74) is 2.31. The maximum absolute atomic E-state index is 15.1. The molecule has 3 aromatic rings. The van der Waals surface area contributed by atoms with E-state index in [1.807, 2.05) is 18.2 Å². The van der Waals surface area contributed by atoms with Crippen LogP contribution in [0.1, 0.15) is 56.3 Å². The van der Waals surface area contributed by atoms with Crippen molar-refractivity contribution in [3.05, 3.63) is 57.9 Å². The molecule has 4 N–H and O–H groups in total. The van der Waals surface area contributed by atoms with Crippen LogP contribution in [0.4, 0.5) is 20.6 Å². The van der Waals surface area contributed by atoms with Gasteiger partial charge in [-0.05, 0) is 75.7 Å². The molecule has 2 aromatic carbocycles. The summed E-state index contributed by atoms with van der Waals surface area (Å²) in [5.74, 6) is 1.00. The Morgan fingerprint density at radius 1 is 1.04 bits per heavy atom. The molecule has 4 saturated heterocycles. The SMILES string of the molecule is CNc1cc(N2CCC(N3CCC(COc4cc(F)c5c(=O)[nH]c(CSC6CCOCC6)nc5c4)CC3)CC2)ccc1C(=N)N1CCC(=O)NC1=O. The number of ether oxygens (including phenoxy) is 2. The number of carbonyl (C=O) groups excluding carboxylic acids is 2. The fraction of sp³-hybridized carbons (Fsp3) is 0.541. The van der Waals surface area contributed by atoms with Crippen LogP contribution in [-0.2, 0) is 15.3 Å². The summed E-state index contributed by atoms with van der Waals surface area (Å²) >= 11 is 1.75. The van der Waals surface area contributed by atoms with E-state index < -0.39 is 17.4 Å². The minimum atomic E-state index is -0.617. The molecule has 13 nitrogen and oxygen atoms in total. The van der Waals surface area contributed by atoms with E-state index in [0.29, 0.717) is 52.2 Å². The second-order valence-electron chi connectivity index (χ2n) is 14.0. The molecule has 278 valence electrons. The van der Waals surface area contributed by atoms with Crippen molar-refractivity contribution >= 4 is 51.8 Å². The summed E-state index contributed by atoms with van der Waals surface area (Å²) in [6.45, 7) is 6.02. The van der Waals surface area contributed by atoms with Gasteiger partial charge in [0, 0.05) is 86.7 Å². The first-order valence-corrected chi connectivity index (χ1v) is 19.4. The zero-order chi connectivity index (χ0) is 36.2. The summed E-state index contributed by atoms with van der Waals surface area (Å²) < 4.78 is 26.6. The number of thioether (sulfide) groups is 1. The molecule has 4 aliphatic heterocycles. The zero-order valence-corrected chi connectivity index (χ0v) is 30.4. The zero-order valence-electron chi connectivity index (χ0n) is 29.5. The number of rotatable bonds is 10. The largest absolute Gasteiger partial charge is 0.493 e. The molecule has 0 unspecified atom stereocenters. The Hall–Kier alpha value is -4.21. The number of aromatic amines is 1. The van der Waals surface area contributed by atoms with Crippen molar-refractivity contribution in [2.45, 2.75) is 62.0 Å². The number of amidine groups is 1. The normalized spacial score (nSPS) is 20.0. The lowest BCUT2D eigenvalue weighted by Crippen LogP contribution is -2.52. The van der Waals surface area contributed by atoms with Crippen molar-refractivity contribution < 1.29 is 23.5 Å². The monoisotopic (exact) mass is 734 g/mol. The number of aromatic nitrogens is 2. The van der Waals surface area contributed by atoms with Crippen molar-refractivity contribution in [2.75, 3.05) is 69.8 Å². The minimum Gasteiger partial charge on any atom is -0.493 e. The fourth-order valence-electron chi connectivity index (χ4n) is 7.69. The lowest BCUT2D eigenvalue weighted by Gasteiger charge is -2.42. The van der Waals surface area contributed by atoms with E-state index >= 15 is 4.39 Å². The molecule has 0 aliphatic carbocycles. The van der Waals surface area contributed by atoms with Gasteiger partial charge in [-0.2, -0.15) is 11.8 Å². The van der Waals surface area contributed by atoms with Gasteiger partial charge in [0.05, 0.1) is 17.9 Å². The number of imide groups is 1. The van der Waals surface area contributed by atoms with E-state index in [9.17, 15) is 14.4 Å². The van der Waals surface area contributed by atoms with Gasteiger partial charge in [-0.3, -0.25) is 25.2 Å². The van der Waals surface area contributed by atoms with Crippen LogP contribution >= 0.6 is 11.8 Å². The van der Waals surface area contributed by atoms with E-state index in [1.54, 1.807) is 24.9 Å². The van der Waals surface area contributed by atoms with Crippen molar-refractivity contribution in [2.24, 2.45) is 5.92 Å². The predicted molar refractivity (Wildman–Crippen MR) is 200 cm³/mol. The van der Waals surface area contributed by atoms with E-state index in [-0.39, 0.29) is 30.1 Å². The number of anilines is 2. The first-order valence-electron chi connectivity index (χ1n) is 18.3. The molecule has 4 fully saturated rings. The first kappa shape index (κ1) is 36.2. The summed E-state index contributed by atoms with van der Waals surface area (Å²) in [5, 5.41) is 14.6. The van der Waals surface area contributed by atoms with E-state index in [4.69, 9.17) is 14.9 Å². The number of nitrogens with zero attached hydrogens (tertiary/aromatic N) is 4. The average molecular weight is 735 g/mol. The van der Waals surface area contributed by atoms with Crippen LogP contribution in [0.2, 0.25) is 0 Å². The molecule has 0 spiro atoms. The molecule has 4 aliphatic rings. The highest BCUT2D eigenvalue weighted by atomic mass is 32.2. The highest BCUT2D eigenvalue weighted by molar-refractivity contribution is 7.99. The maximum Gasteiger partial charge on any atom is 0.329 e. The number of carbonyl (C=O) groups is 2. The number of hydrogen-bond acceptors (Lipinski definition) is 11. The molecule has 0 atom stereocenters. The minimum absolute atomic E-state index is 0.0329. The molecular formula is C37H47FN8O5S. The third-order valence-corrected chi connectivity index (χ3v) is 12.1. The van der Waals surface area contributed by atoms with E-state index in [0.717, 1.165) is 89.3 Å². The molecule has 0 saturated carbocycles. The number of piperidine rings is 2. The molecule has 15 heteroatoms. The van der Waals surface area contributed by atoms with Crippen LogP contribution in [0, 0.1) is 17.1 Å². The number of benzene rings is 2. The molecule has 3 amide bonds. The van der Waals surface area contributed by atoms with Crippen LogP contribution in [0.5, 0.6) is 5.75 Å². The van der Waals surface area contributed by atoms with Gasteiger partial charge < -0.3 is 29.6 Å². The third kappa shape index (κ3) is 8.21. The Kier molecular flexibility index (Phi) is 11.3. The molecule has 1 aromatic heterocycles. The maximum atomic E-state index is 15.1. The summed E-state index contributed by atoms with van der Waals surface area (Å²) in [6.07, 6.45) is 6.24. The molecule has 5 heterocycles. The molecular weight excluding hydrogens is 688 g/mol. The van der Waals surface area contributed by atoms with Gasteiger partial charge in [0.25, 0.3) is 5.56 Å². The van der Waals surface area contributed by atoms with Crippen molar-refractivity contribution in [1.82, 2.24) is 25.1 Å². The average Bonchev–Trinajstić information content (AvgIpc) is 3.16. The summed E-state index contributed by atoms with van der Waals surface area (Å²) in [6, 6.07) is 8.84. The number of nitrogens with one attached hydrogen (secondary N) is 4. The van der Waals surface area contributed by atoms with Gasteiger partial charge in [-0.15, -0.1) is 0 Å². The van der Waals surface area contributed by atoms with Crippen LogP contribution in [0.15, 0.2) is 35.1 Å². The highest BCUT2D eigenvalue weighted by Gasteiger charge is 2.31. The van der Waals surface area contributed by atoms with Crippen LogP contribution in [0.25, 0.3) is 10.9 Å². The van der Waals surface area contributed by atoms with Gasteiger partial charge >= 0.3 is 6.03 Å². The van der Waals surface area contributed by atoms with Gasteiger partial charge in [0.15, 0.2) is 0 Å². The number of amides is 3. The smallest absolute Gasteiger partial charge is 0.329 e. The van der Waals surface area contributed by atoms with Crippen LogP contribution in [0.3, 0.4) is 0 Å². The molecule has 0 bridgehead atoms. The van der Waals surface area contributed by atoms with Crippen molar-refractivity contribution in [1.29, 1.82) is 5.41 Å². The number of hydrogen-bond donors (Lipinski definition) is 4. The summed E-state index contributed by atoms with van der Waals surface area (Å²) in [7, 11) is 1.81.